The topological polar surface area (TPSA) is 250 Å². The quantitative estimate of drug-likeness (QED) is 0.0330. The first-order chi connectivity index (χ1) is 31.9. The van der Waals surface area contributed by atoms with E-state index in [-0.39, 0.29) is 12.2 Å². The lowest BCUT2D eigenvalue weighted by molar-refractivity contribution is -0.451. The second kappa shape index (κ2) is 20.7. The van der Waals surface area contributed by atoms with Crippen LogP contribution in [0.3, 0.4) is 0 Å². The van der Waals surface area contributed by atoms with E-state index in [1.807, 2.05) is 0 Å². The van der Waals surface area contributed by atoms with Crippen molar-refractivity contribution < 1.29 is 144 Å². The van der Waals surface area contributed by atoms with Gasteiger partial charge in [-0.15, -0.1) is 0 Å². The van der Waals surface area contributed by atoms with Crippen LogP contribution in [0.15, 0.2) is 100 Å². The zero-order valence-corrected chi connectivity index (χ0v) is 35.2. The molecule has 0 amide bonds. The van der Waals surface area contributed by atoms with E-state index >= 15 is 26.3 Å². The second-order valence-electron chi connectivity index (χ2n) is 14.3. The number of rotatable bonds is 31. The van der Waals surface area contributed by atoms with Gasteiger partial charge in [-0.25, -0.2) is 8.78 Å². The molecule has 0 aliphatic rings. The standard InChI is InChI=1S/C40H35F17O14/c1-8-19(62)30(69,20(63)9-2)29(18-61,33(24(67)13-6,25(68)14-7)71-32(22(65)11-4,23(66)12-5)28(15-58,16-59)17-60)31(70,21(64)10-3)26(41)27(42)34(43,44)35(45,46)36(47,48)37(49,50)38(51,52)39(53,54)40(55,56)57/h8-14,58-61,69-70H,1-7,15-18H2. The molecule has 0 aliphatic heterocycles. The number of ether oxygens (including phenoxy) is 1. The minimum absolute atomic E-state index is 0.247. The molecular weight excluding hydrogens is 1030 g/mol. The number of alkyl halides is 15. The third-order valence-corrected chi connectivity index (χ3v) is 10.9. The van der Waals surface area contributed by atoms with Crippen molar-refractivity contribution in [3.63, 3.8) is 0 Å². The Hall–Kier alpha value is -5.86. The molecule has 398 valence electrons. The number of aliphatic hydroxyl groups is 6. The van der Waals surface area contributed by atoms with E-state index in [0.29, 0.717) is 0 Å². The molecule has 0 rings (SSSR count). The Morgan fingerprint density at radius 2 is 0.648 bits per heavy atom. The molecule has 0 saturated carbocycles. The number of halogens is 17. The molecule has 6 N–H and O–H groups in total. The molecular formula is C40H35F17O14. The van der Waals surface area contributed by atoms with Crippen LogP contribution in [0, 0.1) is 10.8 Å². The zero-order chi connectivity index (χ0) is 57.2. The van der Waals surface area contributed by atoms with Gasteiger partial charge in [0.2, 0.25) is 22.6 Å². The summed E-state index contributed by atoms with van der Waals surface area (Å²) in [5.41, 5.74) is -33.1. The summed E-state index contributed by atoms with van der Waals surface area (Å²) in [6.07, 6.45) is -12.0. The van der Waals surface area contributed by atoms with Crippen molar-refractivity contribution in [2.45, 2.75) is 64.1 Å². The van der Waals surface area contributed by atoms with E-state index in [0.717, 1.165) is 0 Å². The summed E-state index contributed by atoms with van der Waals surface area (Å²) in [7, 11) is 0. The van der Waals surface area contributed by atoms with Crippen LogP contribution in [0.25, 0.3) is 0 Å². The van der Waals surface area contributed by atoms with Crippen molar-refractivity contribution in [3.8, 4) is 0 Å². The van der Waals surface area contributed by atoms with Crippen LogP contribution in [-0.2, 0) is 38.3 Å². The van der Waals surface area contributed by atoms with Crippen LogP contribution in [0.5, 0.6) is 0 Å². The smallest absolute Gasteiger partial charge is 0.395 e. The number of carbonyl (C=O) groups is 7. The van der Waals surface area contributed by atoms with Gasteiger partial charge < -0.3 is 35.4 Å². The molecule has 2 atom stereocenters. The first-order valence-electron chi connectivity index (χ1n) is 18.1. The van der Waals surface area contributed by atoms with Gasteiger partial charge in [-0.3, -0.25) is 33.6 Å². The highest BCUT2D eigenvalue weighted by atomic mass is 19.4. The Balaban J connectivity index is 10.9. The SMILES string of the molecule is C=CC(=O)C(O)(C(=O)C=C)C(CO)(C(O)(C(=O)C=C)C(F)=C(F)C(F)(F)C(F)(F)C(F)(F)C(F)(F)C(F)(F)C(F)(F)C(F)(F)F)C(OC(C(=O)C=C)(C(=O)C=C)C(CO)(CO)CO)(C(=O)C=C)C(=O)C=C. The maximum Gasteiger partial charge on any atom is 0.460 e. The Morgan fingerprint density at radius 3 is 0.915 bits per heavy atom. The largest absolute Gasteiger partial charge is 0.460 e. The van der Waals surface area contributed by atoms with E-state index in [1.165, 1.54) is 0 Å². The third-order valence-electron chi connectivity index (χ3n) is 10.9. The molecule has 0 fully saturated rings. The first-order valence-corrected chi connectivity index (χ1v) is 18.1. The van der Waals surface area contributed by atoms with Gasteiger partial charge in [-0.05, 0) is 42.5 Å². The Kier molecular flexibility index (Phi) is 19.0. The van der Waals surface area contributed by atoms with E-state index in [4.69, 9.17) is 4.74 Å². The number of hydrogen-bond donors (Lipinski definition) is 6. The second-order valence-corrected chi connectivity index (χ2v) is 14.3. The predicted molar refractivity (Wildman–Crippen MR) is 201 cm³/mol. The maximum atomic E-state index is 17.3. The third kappa shape index (κ3) is 8.17. The van der Waals surface area contributed by atoms with Crippen LogP contribution >= 0.6 is 0 Å². The van der Waals surface area contributed by atoms with Crippen LogP contribution in [-0.4, -0.2) is 162 Å². The van der Waals surface area contributed by atoms with Gasteiger partial charge in [0.1, 0.15) is 5.41 Å². The molecule has 0 aliphatic carbocycles. The van der Waals surface area contributed by atoms with Gasteiger partial charge >= 0.3 is 41.7 Å². The number of allylic oxidation sites excluding steroid dienone is 1. The lowest BCUT2D eigenvalue weighted by atomic mass is 9.47. The van der Waals surface area contributed by atoms with Crippen molar-refractivity contribution in [3.05, 3.63) is 100 Å². The van der Waals surface area contributed by atoms with Crippen molar-refractivity contribution >= 4 is 40.5 Å². The predicted octanol–water partition coefficient (Wildman–Crippen LogP) is 3.70. The van der Waals surface area contributed by atoms with Gasteiger partial charge in [0.15, 0.2) is 51.9 Å². The van der Waals surface area contributed by atoms with Crippen molar-refractivity contribution in [1.82, 2.24) is 0 Å². The van der Waals surface area contributed by atoms with Gasteiger partial charge in [-0.2, -0.15) is 65.9 Å². The molecule has 0 radical (unpaired) electrons. The van der Waals surface area contributed by atoms with E-state index in [2.05, 4.69) is 46.1 Å². The fraction of sp³-hybridized carbons (Fsp3) is 0.425. The fourth-order valence-electron chi connectivity index (χ4n) is 6.87. The van der Waals surface area contributed by atoms with Gasteiger partial charge in [0, 0.05) is 0 Å². The number of hydrogen-bond acceptors (Lipinski definition) is 14. The minimum atomic E-state index is -9.34. The normalized spacial score (nSPS) is 15.9. The molecule has 14 nitrogen and oxygen atoms in total. The fourth-order valence-corrected chi connectivity index (χ4v) is 6.87. The van der Waals surface area contributed by atoms with E-state index in [9.17, 15) is 112 Å². The number of carbonyl (C=O) groups excluding carboxylic acids is 7. The average Bonchev–Trinajstić information content (AvgIpc) is 3.32. The summed E-state index contributed by atoms with van der Waals surface area (Å²) in [5, 5.41) is 67.3. The van der Waals surface area contributed by atoms with Crippen LogP contribution in [0.2, 0.25) is 0 Å². The molecule has 0 saturated heterocycles. The Bertz CT molecular complexity index is 2230. The highest BCUT2D eigenvalue weighted by Crippen LogP contribution is 2.65. The van der Waals surface area contributed by atoms with Crippen LogP contribution in [0.1, 0.15) is 0 Å². The Labute approximate surface area is 385 Å². The summed E-state index contributed by atoms with van der Waals surface area (Å²) in [5.74, 6) is -85.8. The lowest BCUT2D eigenvalue weighted by Gasteiger charge is -2.60. The molecule has 0 heterocycles. The van der Waals surface area contributed by atoms with Crippen LogP contribution < -0.4 is 0 Å². The zero-order valence-electron chi connectivity index (χ0n) is 35.2. The van der Waals surface area contributed by atoms with Gasteiger partial charge in [0.05, 0.1) is 31.8 Å². The molecule has 0 bridgehead atoms. The maximum absolute atomic E-state index is 17.3. The summed E-state index contributed by atoms with van der Waals surface area (Å²) in [6, 6.07) is 0. The van der Waals surface area contributed by atoms with Crippen molar-refractivity contribution in [2.24, 2.45) is 10.8 Å². The van der Waals surface area contributed by atoms with Gasteiger partial charge in [-0.1, -0.05) is 46.1 Å². The van der Waals surface area contributed by atoms with E-state index < -0.39 is 184 Å². The number of aliphatic hydroxyl groups excluding tert-OH is 4. The summed E-state index contributed by atoms with van der Waals surface area (Å²) < 4.78 is 253. The molecule has 0 aromatic heterocycles. The average molecular weight is 1060 g/mol. The number of ketones is 7. The summed E-state index contributed by atoms with van der Waals surface area (Å²) in [4.78, 5) is 99.0. The van der Waals surface area contributed by atoms with E-state index in [1.54, 1.807) is 0 Å². The highest BCUT2D eigenvalue weighted by molar-refractivity contribution is 6.27. The van der Waals surface area contributed by atoms with Crippen molar-refractivity contribution in [2.75, 3.05) is 26.4 Å². The minimum Gasteiger partial charge on any atom is -0.395 e. The first kappa shape index (κ1) is 65.1. The lowest BCUT2D eigenvalue weighted by Crippen LogP contribution is -2.85. The summed E-state index contributed by atoms with van der Waals surface area (Å²) in [6.45, 7) is 8.59. The molecule has 2 unspecified atom stereocenters. The molecule has 0 aromatic carbocycles. The van der Waals surface area contributed by atoms with Gasteiger partial charge in [0.25, 0.3) is 0 Å². The monoisotopic (exact) mass is 1060 g/mol. The van der Waals surface area contributed by atoms with Crippen molar-refractivity contribution in [1.29, 1.82) is 0 Å². The molecule has 0 aromatic rings. The molecule has 0 spiro atoms. The molecule has 31 heteroatoms. The van der Waals surface area contributed by atoms with Crippen LogP contribution in [0.4, 0.5) is 74.6 Å². The highest BCUT2D eigenvalue weighted by Gasteiger charge is 2.94. The summed E-state index contributed by atoms with van der Waals surface area (Å²) >= 11 is 0. The molecule has 71 heavy (non-hydrogen) atoms. The Morgan fingerprint density at radius 1 is 0.380 bits per heavy atom.